The van der Waals surface area contributed by atoms with Crippen LogP contribution in [0.5, 0.6) is 17.2 Å². The fourth-order valence-corrected chi connectivity index (χ4v) is 5.85. The highest BCUT2D eigenvalue weighted by atomic mass is 35.5. The van der Waals surface area contributed by atoms with Crippen molar-refractivity contribution in [2.24, 2.45) is 0 Å². The molecule has 0 unspecified atom stereocenters. The molecule has 1 saturated heterocycles. The molecule has 0 saturated carbocycles. The van der Waals surface area contributed by atoms with Gasteiger partial charge in [0.2, 0.25) is 15.8 Å². The number of aromatic nitrogens is 2. The first-order valence-electron chi connectivity index (χ1n) is 12.4. The normalized spacial score (nSPS) is 14.3. The fraction of sp³-hybridized carbons (Fsp3) is 0.385. The lowest BCUT2D eigenvalue weighted by Crippen LogP contribution is -2.49. The molecule has 2 aromatic carbocycles. The van der Waals surface area contributed by atoms with Crippen molar-refractivity contribution in [1.29, 1.82) is 0 Å². The zero-order valence-electron chi connectivity index (χ0n) is 22.0. The van der Waals surface area contributed by atoms with E-state index in [2.05, 4.69) is 5.10 Å². The second-order valence-corrected chi connectivity index (χ2v) is 10.9. The zero-order valence-corrected chi connectivity index (χ0v) is 23.6. The molecule has 39 heavy (non-hydrogen) atoms. The molecule has 0 aliphatic carbocycles. The van der Waals surface area contributed by atoms with E-state index in [0.29, 0.717) is 54.2 Å². The maximum Gasteiger partial charge on any atom is 0.316 e. The van der Waals surface area contributed by atoms with Gasteiger partial charge in [-0.05, 0) is 37.3 Å². The van der Waals surface area contributed by atoms with Crippen molar-refractivity contribution >= 4 is 27.3 Å². The highest BCUT2D eigenvalue weighted by Gasteiger charge is 2.31. The van der Waals surface area contributed by atoms with Gasteiger partial charge in [0, 0.05) is 43.9 Å². The molecule has 0 radical (unpaired) electrons. The largest absolute Gasteiger partial charge is 0.493 e. The van der Waals surface area contributed by atoms with Crippen LogP contribution in [0.2, 0.25) is 5.02 Å². The average Bonchev–Trinajstić information content (AvgIpc) is 2.95. The molecule has 2 heterocycles. The highest BCUT2D eigenvalue weighted by Crippen LogP contribution is 2.32. The molecule has 11 nitrogen and oxygen atoms in total. The monoisotopic (exact) mass is 578 g/mol. The van der Waals surface area contributed by atoms with Gasteiger partial charge in [-0.15, -0.1) is 0 Å². The molecule has 3 aromatic rings. The summed E-state index contributed by atoms with van der Waals surface area (Å²) >= 11 is 6.12. The molecule has 0 bridgehead atoms. The van der Waals surface area contributed by atoms with E-state index in [-0.39, 0.29) is 30.3 Å². The van der Waals surface area contributed by atoms with Crippen molar-refractivity contribution in [3.8, 4) is 22.9 Å². The van der Waals surface area contributed by atoms with Gasteiger partial charge in [0.25, 0.3) is 0 Å². The Morgan fingerprint density at radius 1 is 0.974 bits per heavy atom. The van der Waals surface area contributed by atoms with Gasteiger partial charge >= 0.3 is 5.56 Å². The van der Waals surface area contributed by atoms with E-state index in [1.807, 2.05) is 11.8 Å². The minimum Gasteiger partial charge on any atom is -0.493 e. The van der Waals surface area contributed by atoms with Crippen LogP contribution in [0, 0.1) is 0 Å². The number of piperazine rings is 1. The molecule has 0 atom stereocenters. The SMILES string of the molecule is CCOCCOc1c(N2CCN(S(=O)(=O)c3ccc(OC)c(OC)c3)CC2)cnn(-c2cccc(Cl)c2)c1=O. The Balaban J connectivity index is 1.58. The highest BCUT2D eigenvalue weighted by molar-refractivity contribution is 7.89. The number of nitrogens with zero attached hydrogens (tertiary/aromatic N) is 4. The second kappa shape index (κ2) is 12.7. The Hall–Kier alpha value is -3.32. The van der Waals surface area contributed by atoms with Crippen molar-refractivity contribution in [1.82, 2.24) is 14.1 Å². The van der Waals surface area contributed by atoms with Gasteiger partial charge in [-0.1, -0.05) is 17.7 Å². The molecule has 1 fully saturated rings. The van der Waals surface area contributed by atoms with Crippen molar-refractivity contribution in [3.63, 3.8) is 0 Å². The zero-order chi connectivity index (χ0) is 28.0. The van der Waals surface area contributed by atoms with Crippen molar-refractivity contribution < 1.29 is 27.4 Å². The van der Waals surface area contributed by atoms with Crippen LogP contribution in [0.4, 0.5) is 5.69 Å². The Kier molecular flexibility index (Phi) is 9.33. The van der Waals surface area contributed by atoms with Gasteiger partial charge < -0.3 is 23.8 Å². The van der Waals surface area contributed by atoms with Crippen LogP contribution in [-0.4, -0.2) is 82.7 Å². The number of halogens is 1. The molecule has 13 heteroatoms. The first-order valence-corrected chi connectivity index (χ1v) is 14.2. The van der Waals surface area contributed by atoms with Gasteiger partial charge in [0.1, 0.15) is 12.3 Å². The summed E-state index contributed by atoms with van der Waals surface area (Å²) in [5, 5.41) is 4.82. The van der Waals surface area contributed by atoms with E-state index >= 15 is 0 Å². The van der Waals surface area contributed by atoms with Gasteiger partial charge in [0.05, 0.1) is 37.6 Å². The van der Waals surface area contributed by atoms with E-state index in [9.17, 15) is 13.2 Å². The summed E-state index contributed by atoms with van der Waals surface area (Å²) in [4.78, 5) is 15.5. The average molecular weight is 579 g/mol. The molecular formula is C26H31ClN4O7S. The van der Waals surface area contributed by atoms with Gasteiger partial charge in [0.15, 0.2) is 11.5 Å². The smallest absolute Gasteiger partial charge is 0.316 e. The van der Waals surface area contributed by atoms with Crippen LogP contribution in [0.3, 0.4) is 0 Å². The number of benzene rings is 2. The van der Waals surface area contributed by atoms with Gasteiger partial charge in [-0.25, -0.2) is 8.42 Å². The second-order valence-electron chi connectivity index (χ2n) is 8.51. The number of rotatable bonds is 11. The lowest BCUT2D eigenvalue weighted by atomic mass is 10.3. The van der Waals surface area contributed by atoms with Crippen LogP contribution in [0.15, 0.2) is 58.4 Å². The Morgan fingerprint density at radius 3 is 2.38 bits per heavy atom. The van der Waals surface area contributed by atoms with Gasteiger partial charge in [-0.2, -0.15) is 14.1 Å². The van der Waals surface area contributed by atoms with Crippen molar-refractivity contribution in [2.45, 2.75) is 11.8 Å². The number of hydrogen-bond acceptors (Lipinski definition) is 9. The summed E-state index contributed by atoms with van der Waals surface area (Å²) in [6.45, 7) is 3.94. The molecule has 4 rings (SSSR count). The molecule has 0 amide bonds. The van der Waals surface area contributed by atoms with E-state index in [4.69, 9.17) is 30.5 Å². The van der Waals surface area contributed by atoms with E-state index < -0.39 is 15.6 Å². The Labute approximate surface area is 232 Å². The molecule has 1 aliphatic heterocycles. The standard InChI is InChI=1S/C26H31ClN4O7S/c1-4-37-14-15-38-25-22(18-28-31(26(25)32)20-7-5-6-19(27)16-20)29-10-12-30(13-11-29)39(33,34)21-8-9-23(35-2)24(17-21)36-3/h5-9,16-18H,4,10-15H2,1-3H3. The number of hydrogen-bond donors (Lipinski definition) is 0. The minimum atomic E-state index is -3.78. The molecule has 1 aromatic heterocycles. The first kappa shape index (κ1) is 28.7. The molecule has 0 spiro atoms. The van der Waals surface area contributed by atoms with Crippen LogP contribution in [0.1, 0.15) is 6.92 Å². The number of ether oxygens (including phenoxy) is 4. The number of methoxy groups -OCH3 is 2. The molecule has 1 aliphatic rings. The third kappa shape index (κ3) is 6.30. The summed E-state index contributed by atoms with van der Waals surface area (Å²) in [5.74, 6) is 0.886. The third-order valence-corrected chi connectivity index (χ3v) is 8.35. The lowest BCUT2D eigenvalue weighted by Gasteiger charge is -2.35. The predicted octanol–water partition coefficient (Wildman–Crippen LogP) is 2.83. The fourth-order valence-electron chi connectivity index (χ4n) is 4.22. The number of anilines is 1. The summed E-state index contributed by atoms with van der Waals surface area (Å²) in [6.07, 6.45) is 1.55. The van der Waals surface area contributed by atoms with Crippen LogP contribution >= 0.6 is 11.6 Å². The Morgan fingerprint density at radius 2 is 1.72 bits per heavy atom. The molecule has 0 N–H and O–H groups in total. The maximum atomic E-state index is 13.5. The molecule has 210 valence electrons. The van der Waals surface area contributed by atoms with Crippen LogP contribution in [-0.2, 0) is 14.8 Å². The first-order chi connectivity index (χ1) is 18.8. The summed E-state index contributed by atoms with van der Waals surface area (Å²) in [6, 6.07) is 11.3. The topological polar surface area (TPSA) is 112 Å². The lowest BCUT2D eigenvalue weighted by molar-refractivity contribution is 0.109. The minimum absolute atomic E-state index is 0.110. The van der Waals surface area contributed by atoms with Crippen LogP contribution in [0.25, 0.3) is 5.69 Å². The summed E-state index contributed by atoms with van der Waals surface area (Å²) in [7, 11) is -0.839. The maximum absolute atomic E-state index is 13.5. The van der Waals surface area contributed by atoms with Gasteiger partial charge in [-0.3, -0.25) is 4.79 Å². The van der Waals surface area contributed by atoms with E-state index in [1.165, 1.54) is 35.3 Å². The van der Waals surface area contributed by atoms with Crippen LogP contribution < -0.4 is 24.7 Å². The van der Waals surface area contributed by atoms with E-state index in [1.54, 1.807) is 36.5 Å². The Bertz CT molecular complexity index is 1460. The van der Waals surface area contributed by atoms with Crippen molar-refractivity contribution in [3.05, 3.63) is 64.0 Å². The van der Waals surface area contributed by atoms with Crippen molar-refractivity contribution in [2.75, 3.05) is 65.1 Å². The quantitative estimate of drug-likeness (QED) is 0.317. The van der Waals surface area contributed by atoms with E-state index in [0.717, 1.165) is 0 Å². The molecular weight excluding hydrogens is 548 g/mol. The predicted molar refractivity (Wildman–Crippen MR) is 147 cm³/mol. The summed E-state index contributed by atoms with van der Waals surface area (Å²) in [5.41, 5.74) is 0.532. The number of sulfonamides is 1. The summed E-state index contributed by atoms with van der Waals surface area (Å²) < 4.78 is 51.1. The third-order valence-electron chi connectivity index (χ3n) is 6.22.